The molecule has 0 bridgehead atoms. The molecule has 426 valence electrons. The molecule has 0 aromatic carbocycles. The van der Waals surface area contributed by atoms with Crippen LogP contribution in [0.4, 0.5) is 0 Å². The summed E-state index contributed by atoms with van der Waals surface area (Å²) >= 11 is 0. The lowest BCUT2D eigenvalue weighted by Crippen LogP contribution is -2.30. The summed E-state index contributed by atoms with van der Waals surface area (Å²) in [6.07, 6.45) is 76.8. The van der Waals surface area contributed by atoms with Crippen molar-refractivity contribution in [2.24, 2.45) is 0 Å². The molecule has 0 amide bonds. The minimum Gasteiger partial charge on any atom is -0.462 e. The van der Waals surface area contributed by atoms with Gasteiger partial charge in [-0.3, -0.25) is 14.4 Å². The molecular weight excluding hydrogens is 901 g/mol. The van der Waals surface area contributed by atoms with Gasteiger partial charge in [-0.1, -0.05) is 268 Å². The Balaban J connectivity index is 4.36. The first-order valence-electron chi connectivity index (χ1n) is 32.1. The van der Waals surface area contributed by atoms with Crippen molar-refractivity contribution in [2.45, 2.75) is 348 Å². The number of carbonyl (C=O) groups is 3. The summed E-state index contributed by atoms with van der Waals surface area (Å²) in [7, 11) is 0. The normalized spacial score (nSPS) is 12.3. The van der Waals surface area contributed by atoms with E-state index in [1.807, 2.05) is 0 Å². The van der Waals surface area contributed by atoms with Crippen LogP contribution in [0.25, 0.3) is 0 Å². The Morgan fingerprint density at radius 2 is 0.493 bits per heavy atom. The van der Waals surface area contributed by atoms with E-state index in [0.717, 1.165) is 64.2 Å². The molecule has 0 rings (SSSR count). The number of unbranched alkanes of at least 4 members (excludes halogenated alkanes) is 40. The van der Waals surface area contributed by atoms with Crippen LogP contribution in [0, 0.1) is 0 Å². The van der Waals surface area contributed by atoms with Gasteiger partial charge < -0.3 is 14.2 Å². The highest BCUT2D eigenvalue weighted by atomic mass is 16.6. The average Bonchev–Trinajstić information content (AvgIpc) is 3.39. The van der Waals surface area contributed by atoms with Crippen molar-refractivity contribution in [1.82, 2.24) is 0 Å². The molecule has 0 aliphatic rings. The van der Waals surface area contributed by atoms with E-state index in [1.165, 1.54) is 238 Å². The van der Waals surface area contributed by atoms with Crippen LogP contribution < -0.4 is 0 Å². The molecule has 0 heterocycles. The molecule has 0 aromatic rings. The number of carbonyl (C=O) groups excluding carboxylic acids is 3. The van der Waals surface area contributed by atoms with Crippen LogP contribution in [0.15, 0.2) is 48.6 Å². The second-order valence-corrected chi connectivity index (χ2v) is 21.7. The maximum Gasteiger partial charge on any atom is 0.306 e. The Kier molecular flexibility index (Phi) is 59.7. The molecule has 6 nitrogen and oxygen atoms in total. The van der Waals surface area contributed by atoms with Gasteiger partial charge in [-0.05, 0) is 103 Å². The highest BCUT2D eigenvalue weighted by Crippen LogP contribution is 2.17. The first kappa shape index (κ1) is 70.4. The van der Waals surface area contributed by atoms with Crippen LogP contribution in [-0.4, -0.2) is 37.2 Å². The quantitative estimate of drug-likeness (QED) is 0.0261. The van der Waals surface area contributed by atoms with E-state index in [-0.39, 0.29) is 31.1 Å². The Morgan fingerprint density at radius 3 is 0.795 bits per heavy atom. The summed E-state index contributed by atoms with van der Waals surface area (Å²) in [4.78, 5) is 38.3. The van der Waals surface area contributed by atoms with E-state index in [1.54, 1.807) is 0 Å². The zero-order valence-corrected chi connectivity index (χ0v) is 48.9. The standard InChI is InChI=1S/C67H122O6/c1-4-7-10-13-16-19-22-25-28-31-33-36-39-42-45-48-51-54-57-60-66(69)72-63-64(62-71-65(68)59-56-53-50-47-44-41-38-35-30-27-24-21-18-15-12-9-6-3)73-67(70)61-58-55-52-49-46-43-40-37-34-32-29-26-23-20-17-14-11-8-5-2/h17,20,25-30,64H,4-16,18-19,21-24,31-63H2,1-3H3/b20-17-,28-25-,29-26-,30-27-/t64-/m0/s1. The molecule has 0 saturated heterocycles. The fourth-order valence-electron chi connectivity index (χ4n) is 9.41. The molecule has 0 saturated carbocycles. The maximum absolute atomic E-state index is 12.9. The van der Waals surface area contributed by atoms with Crippen molar-refractivity contribution in [3.63, 3.8) is 0 Å². The molecule has 0 aromatic heterocycles. The second kappa shape index (κ2) is 61.9. The summed E-state index contributed by atoms with van der Waals surface area (Å²) in [6, 6.07) is 0. The SMILES string of the molecule is CCCCC/C=C\C/C=C\CCCCCCCCCCCC(=O)O[C@@H](COC(=O)CCCCCCCCC/C=C\CCCCCCCC)COC(=O)CCCCCCCCCCC/C=C\CCCCCCCC. The molecule has 0 fully saturated rings. The van der Waals surface area contributed by atoms with Crippen LogP contribution in [0.5, 0.6) is 0 Å². The number of esters is 3. The predicted molar refractivity (Wildman–Crippen MR) is 316 cm³/mol. The minimum atomic E-state index is -0.778. The van der Waals surface area contributed by atoms with E-state index >= 15 is 0 Å². The zero-order chi connectivity index (χ0) is 52.9. The highest BCUT2D eigenvalue weighted by Gasteiger charge is 2.19. The largest absolute Gasteiger partial charge is 0.462 e. The smallest absolute Gasteiger partial charge is 0.306 e. The van der Waals surface area contributed by atoms with Gasteiger partial charge in [0.2, 0.25) is 0 Å². The fourth-order valence-corrected chi connectivity index (χ4v) is 9.41. The Morgan fingerprint density at radius 1 is 0.274 bits per heavy atom. The van der Waals surface area contributed by atoms with Gasteiger partial charge in [-0.2, -0.15) is 0 Å². The molecule has 1 atom stereocenters. The van der Waals surface area contributed by atoms with Crippen molar-refractivity contribution >= 4 is 17.9 Å². The monoisotopic (exact) mass is 1020 g/mol. The summed E-state index contributed by atoms with van der Waals surface area (Å²) in [5.74, 6) is -0.865. The summed E-state index contributed by atoms with van der Waals surface area (Å²) in [5, 5.41) is 0. The van der Waals surface area contributed by atoms with Crippen LogP contribution >= 0.6 is 0 Å². The molecule has 0 radical (unpaired) electrons. The summed E-state index contributed by atoms with van der Waals surface area (Å²) in [5.41, 5.74) is 0. The summed E-state index contributed by atoms with van der Waals surface area (Å²) < 4.78 is 16.9. The van der Waals surface area contributed by atoms with Gasteiger partial charge in [-0.15, -0.1) is 0 Å². The number of rotatable bonds is 59. The van der Waals surface area contributed by atoms with Gasteiger partial charge in [0, 0.05) is 19.3 Å². The fraction of sp³-hybridized carbons (Fsp3) is 0.836. The van der Waals surface area contributed by atoms with E-state index < -0.39 is 6.10 Å². The number of allylic oxidation sites excluding steroid dienone is 8. The van der Waals surface area contributed by atoms with Gasteiger partial charge in [0.1, 0.15) is 13.2 Å². The van der Waals surface area contributed by atoms with E-state index in [2.05, 4.69) is 69.4 Å². The average molecular weight is 1020 g/mol. The molecule has 0 aliphatic carbocycles. The number of hydrogen-bond acceptors (Lipinski definition) is 6. The maximum atomic E-state index is 12.9. The lowest BCUT2D eigenvalue weighted by Gasteiger charge is -2.18. The van der Waals surface area contributed by atoms with Crippen LogP contribution in [0.3, 0.4) is 0 Å². The van der Waals surface area contributed by atoms with E-state index in [4.69, 9.17) is 14.2 Å². The van der Waals surface area contributed by atoms with Crippen LogP contribution in [0.2, 0.25) is 0 Å². The molecule has 0 spiro atoms. The molecule has 0 unspecified atom stereocenters. The lowest BCUT2D eigenvalue weighted by molar-refractivity contribution is -0.167. The zero-order valence-electron chi connectivity index (χ0n) is 48.9. The van der Waals surface area contributed by atoms with Crippen molar-refractivity contribution in [1.29, 1.82) is 0 Å². The lowest BCUT2D eigenvalue weighted by atomic mass is 10.1. The molecule has 0 aliphatic heterocycles. The van der Waals surface area contributed by atoms with Crippen molar-refractivity contribution in [3.8, 4) is 0 Å². The summed E-state index contributed by atoms with van der Waals surface area (Å²) in [6.45, 7) is 6.65. The Bertz CT molecular complexity index is 1270. The second-order valence-electron chi connectivity index (χ2n) is 21.7. The van der Waals surface area contributed by atoms with Crippen molar-refractivity contribution in [3.05, 3.63) is 48.6 Å². The first-order chi connectivity index (χ1) is 36.0. The van der Waals surface area contributed by atoms with Gasteiger partial charge >= 0.3 is 17.9 Å². The van der Waals surface area contributed by atoms with E-state index in [0.29, 0.717) is 19.3 Å². The molecule has 6 heteroatoms. The van der Waals surface area contributed by atoms with Crippen molar-refractivity contribution < 1.29 is 28.6 Å². The van der Waals surface area contributed by atoms with E-state index in [9.17, 15) is 14.4 Å². The van der Waals surface area contributed by atoms with Gasteiger partial charge in [0.15, 0.2) is 6.10 Å². The third-order valence-corrected chi connectivity index (χ3v) is 14.3. The Labute approximate surface area is 454 Å². The highest BCUT2D eigenvalue weighted by molar-refractivity contribution is 5.71. The third-order valence-electron chi connectivity index (χ3n) is 14.3. The van der Waals surface area contributed by atoms with Crippen LogP contribution in [0.1, 0.15) is 342 Å². The van der Waals surface area contributed by atoms with Crippen molar-refractivity contribution in [2.75, 3.05) is 13.2 Å². The topological polar surface area (TPSA) is 78.9 Å². The molecule has 73 heavy (non-hydrogen) atoms. The van der Waals surface area contributed by atoms with Gasteiger partial charge in [0.25, 0.3) is 0 Å². The minimum absolute atomic E-state index is 0.0749. The van der Waals surface area contributed by atoms with Gasteiger partial charge in [0.05, 0.1) is 0 Å². The van der Waals surface area contributed by atoms with Gasteiger partial charge in [-0.25, -0.2) is 0 Å². The Hall–Kier alpha value is -2.63. The first-order valence-corrected chi connectivity index (χ1v) is 32.1. The van der Waals surface area contributed by atoms with Crippen LogP contribution in [-0.2, 0) is 28.6 Å². The number of hydrogen-bond donors (Lipinski definition) is 0. The molecular formula is C67H122O6. The predicted octanol–water partition coefficient (Wildman–Crippen LogP) is 21.8. The molecule has 0 N–H and O–H groups in total. The number of ether oxygens (including phenoxy) is 3. The third kappa shape index (κ3) is 60.1.